The molecule has 0 spiro atoms. The zero-order valence-corrected chi connectivity index (χ0v) is 16.6. The van der Waals surface area contributed by atoms with Crippen LogP contribution in [0, 0.1) is 0 Å². The average molecular weight is 409 g/mol. The highest BCUT2D eigenvalue weighted by atomic mass is 35.5. The number of carbonyl (C=O) groups excluding carboxylic acids is 1. The number of aromatic nitrogens is 2. The molecule has 0 unspecified atom stereocenters. The molecule has 1 fully saturated rings. The van der Waals surface area contributed by atoms with Gasteiger partial charge in [0.15, 0.2) is 0 Å². The molecule has 0 atom stereocenters. The number of halogens is 1. The molecule has 2 aromatic carbocycles. The van der Waals surface area contributed by atoms with Crippen LogP contribution in [0.5, 0.6) is 11.8 Å². The minimum atomic E-state index is -0.276. The Labute approximate surface area is 174 Å². The summed E-state index contributed by atoms with van der Waals surface area (Å²) in [6, 6.07) is 15.1. The van der Waals surface area contributed by atoms with Gasteiger partial charge in [-0.1, -0.05) is 35.9 Å². The molecule has 1 aliphatic rings. The third kappa shape index (κ3) is 5.10. The van der Waals surface area contributed by atoms with Gasteiger partial charge in [-0.05, 0) is 55.8 Å². The Balaban J connectivity index is 1.35. The number of carbonyl (C=O) groups is 1. The molecule has 7 heteroatoms. The van der Waals surface area contributed by atoms with Gasteiger partial charge in [-0.25, -0.2) is 9.97 Å². The van der Waals surface area contributed by atoms with Crippen molar-refractivity contribution in [3.8, 4) is 11.8 Å². The summed E-state index contributed by atoms with van der Waals surface area (Å²) < 4.78 is 5.54. The van der Waals surface area contributed by atoms with Gasteiger partial charge < -0.3 is 10.1 Å². The summed E-state index contributed by atoms with van der Waals surface area (Å²) in [5, 5.41) is 3.33. The summed E-state index contributed by atoms with van der Waals surface area (Å²) in [6.07, 6.45) is 5.41. The number of rotatable bonds is 6. The van der Waals surface area contributed by atoms with Gasteiger partial charge in [-0.2, -0.15) is 0 Å². The van der Waals surface area contributed by atoms with Gasteiger partial charge >= 0.3 is 6.01 Å². The van der Waals surface area contributed by atoms with E-state index in [-0.39, 0.29) is 11.9 Å². The Kier molecular flexibility index (Phi) is 6.03. The third-order valence-corrected chi connectivity index (χ3v) is 5.06. The Morgan fingerprint density at radius 2 is 1.72 bits per heavy atom. The smallest absolute Gasteiger partial charge is 0.321 e. The Morgan fingerprint density at radius 1 is 1.03 bits per heavy atom. The highest BCUT2D eigenvalue weighted by Crippen LogP contribution is 2.26. The van der Waals surface area contributed by atoms with Crippen LogP contribution >= 0.6 is 11.6 Å². The van der Waals surface area contributed by atoms with Gasteiger partial charge in [-0.15, -0.1) is 0 Å². The maximum absolute atomic E-state index is 12.4. The number of likely N-dealkylation sites (tertiary alicyclic amines) is 1. The summed E-state index contributed by atoms with van der Waals surface area (Å²) in [5.74, 6) is 0.182. The number of nitrogens with one attached hydrogen (secondary N) is 1. The van der Waals surface area contributed by atoms with Crippen LogP contribution < -0.4 is 10.1 Å². The summed E-state index contributed by atoms with van der Waals surface area (Å²) in [5.41, 5.74) is 2.32. The summed E-state index contributed by atoms with van der Waals surface area (Å²) in [6.45, 7) is 3.28. The second-order valence-corrected chi connectivity index (χ2v) is 7.33. The standard InChI is InChI=1S/C22H21ClN4O2/c23-19-5-1-2-6-20(19)29-22-24-13-17(14-25-22)21(28)26-18-9-7-16(8-10-18)15-27-11-3-4-12-27/h1-2,5-10,13-14H,3-4,11-12,15H2,(H,26,28). The van der Waals surface area contributed by atoms with E-state index in [1.165, 1.54) is 30.8 Å². The molecule has 0 saturated carbocycles. The molecule has 1 amide bonds. The molecule has 0 aliphatic carbocycles. The predicted octanol–water partition coefficient (Wildman–Crippen LogP) is 4.77. The summed E-state index contributed by atoms with van der Waals surface area (Å²) in [4.78, 5) is 23.1. The van der Waals surface area contributed by atoms with Crippen molar-refractivity contribution >= 4 is 23.2 Å². The van der Waals surface area contributed by atoms with Gasteiger partial charge in [0.2, 0.25) is 0 Å². The summed E-state index contributed by atoms with van der Waals surface area (Å²) in [7, 11) is 0. The van der Waals surface area contributed by atoms with Gasteiger partial charge in [0, 0.05) is 24.6 Å². The van der Waals surface area contributed by atoms with Crippen molar-refractivity contribution in [3.05, 3.63) is 77.1 Å². The van der Waals surface area contributed by atoms with Crippen LogP contribution in [0.1, 0.15) is 28.8 Å². The number of anilines is 1. The van der Waals surface area contributed by atoms with Crippen LogP contribution in [0.4, 0.5) is 5.69 Å². The van der Waals surface area contributed by atoms with Gasteiger partial charge in [0.1, 0.15) is 5.75 Å². The van der Waals surface area contributed by atoms with Crippen molar-refractivity contribution < 1.29 is 9.53 Å². The molecule has 4 rings (SSSR count). The van der Waals surface area contributed by atoms with Crippen molar-refractivity contribution in [1.82, 2.24) is 14.9 Å². The molecule has 6 nitrogen and oxygen atoms in total. The minimum Gasteiger partial charge on any atom is -0.423 e. The molecule has 1 N–H and O–H groups in total. The van der Waals surface area contributed by atoms with E-state index in [0.717, 1.165) is 25.3 Å². The lowest BCUT2D eigenvalue weighted by atomic mass is 10.2. The molecule has 3 aromatic rings. The fourth-order valence-corrected chi connectivity index (χ4v) is 3.38. The highest BCUT2D eigenvalue weighted by molar-refractivity contribution is 6.32. The van der Waals surface area contributed by atoms with E-state index >= 15 is 0 Å². The maximum atomic E-state index is 12.4. The third-order valence-electron chi connectivity index (χ3n) is 4.74. The number of ether oxygens (including phenoxy) is 1. The molecular formula is C22H21ClN4O2. The maximum Gasteiger partial charge on any atom is 0.321 e. The molecule has 29 heavy (non-hydrogen) atoms. The van der Waals surface area contributed by atoms with Crippen LogP contribution in [-0.2, 0) is 6.54 Å². The van der Waals surface area contributed by atoms with Crippen LogP contribution in [0.15, 0.2) is 60.9 Å². The number of nitrogens with zero attached hydrogens (tertiary/aromatic N) is 3. The second-order valence-electron chi connectivity index (χ2n) is 6.92. The van der Waals surface area contributed by atoms with Crippen molar-refractivity contribution in [2.45, 2.75) is 19.4 Å². The molecule has 148 valence electrons. The van der Waals surface area contributed by atoms with E-state index in [1.807, 2.05) is 30.3 Å². The fourth-order valence-electron chi connectivity index (χ4n) is 3.21. The lowest BCUT2D eigenvalue weighted by Crippen LogP contribution is -2.18. The van der Waals surface area contributed by atoms with Crippen LogP contribution in [0.25, 0.3) is 0 Å². The number of hydrogen-bond acceptors (Lipinski definition) is 5. The van der Waals surface area contributed by atoms with Crippen molar-refractivity contribution in [2.24, 2.45) is 0 Å². The van der Waals surface area contributed by atoms with Gasteiger partial charge in [0.25, 0.3) is 5.91 Å². The first-order valence-electron chi connectivity index (χ1n) is 9.54. The monoisotopic (exact) mass is 408 g/mol. The first-order valence-corrected chi connectivity index (χ1v) is 9.92. The normalized spacial score (nSPS) is 14.0. The largest absolute Gasteiger partial charge is 0.423 e. The van der Waals surface area contributed by atoms with E-state index in [0.29, 0.717) is 16.3 Å². The zero-order valence-electron chi connectivity index (χ0n) is 15.8. The molecule has 1 aromatic heterocycles. The van der Waals surface area contributed by atoms with Crippen LogP contribution in [0.3, 0.4) is 0 Å². The number of benzene rings is 2. The lowest BCUT2D eigenvalue weighted by Gasteiger charge is -2.14. The van der Waals surface area contributed by atoms with E-state index < -0.39 is 0 Å². The zero-order chi connectivity index (χ0) is 20.1. The first-order chi connectivity index (χ1) is 14.2. The quantitative estimate of drug-likeness (QED) is 0.636. The SMILES string of the molecule is O=C(Nc1ccc(CN2CCCC2)cc1)c1cnc(Oc2ccccc2Cl)nc1. The van der Waals surface area contributed by atoms with E-state index in [9.17, 15) is 4.79 Å². The minimum absolute atomic E-state index is 0.126. The molecule has 0 radical (unpaired) electrons. The van der Waals surface area contributed by atoms with E-state index in [1.54, 1.807) is 18.2 Å². The first kappa shape index (κ1) is 19.4. The molecule has 0 bridgehead atoms. The lowest BCUT2D eigenvalue weighted by molar-refractivity contribution is 0.102. The van der Waals surface area contributed by atoms with E-state index in [2.05, 4.69) is 20.2 Å². The van der Waals surface area contributed by atoms with Gasteiger partial charge in [-0.3, -0.25) is 9.69 Å². The fraction of sp³-hybridized carbons (Fsp3) is 0.227. The summed E-state index contributed by atoms with van der Waals surface area (Å²) >= 11 is 6.06. The van der Waals surface area contributed by atoms with Gasteiger partial charge in [0.05, 0.1) is 10.6 Å². The average Bonchev–Trinajstić information content (AvgIpc) is 3.25. The molecule has 1 aliphatic heterocycles. The van der Waals surface area contributed by atoms with Crippen molar-refractivity contribution in [1.29, 1.82) is 0 Å². The predicted molar refractivity (Wildman–Crippen MR) is 112 cm³/mol. The molecule has 2 heterocycles. The van der Waals surface area contributed by atoms with E-state index in [4.69, 9.17) is 16.3 Å². The highest BCUT2D eigenvalue weighted by Gasteiger charge is 2.12. The van der Waals surface area contributed by atoms with Crippen molar-refractivity contribution in [2.75, 3.05) is 18.4 Å². The van der Waals surface area contributed by atoms with Crippen molar-refractivity contribution in [3.63, 3.8) is 0 Å². The Hall–Kier alpha value is -2.96. The second kappa shape index (κ2) is 9.03. The number of hydrogen-bond donors (Lipinski definition) is 1. The Morgan fingerprint density at radius 3 is 2.41 bits per heavy atom. The number of amides is 1. The van der Waals surface area contributed by atoms with Crippen LogP contribution in [0.2, 0.25) is 5.02 Å². The number of para-hydroxylation sites is 1. The molecule has 1 saturated heterocycles. The van der Waals surface area contributed by atoms with Crippen LogP contribution in [-0.4, -0.2) is 33.9 Å². The topological polar surface area (TPSA) is 67.4 Å². The molecular weight excluding hydrogens is 388 g/mol. The Bertz CT molecular complexity index is 971.